The van der Waals surface area contributed by atoms with E-state index in [0.29, 0.717) is 5.56 Å². The molecular formula is C12H14N2O3S. The van der Waals surface area contributed by atoms with Crippen LogP contribution in [0.5, 0.6) is 0 Å². The summed E-state index contributed by atoms with van der Waals surface area (Å²) in [4.78, 5) is 26.7. The van der Waals surface area contributed by atoms with Gasteiger partial charge in [0.2, 0.25) is 0 Å². The second-order valence-electron chi connectivity index (χ2n) is 3.42. The molecule has 0 aromatic carbocycles. The van der Waals surface area contributed by atoms with E-state index in [0.717, 1.165) is 11.8 Å². The number of esters is 1. The third-order valence-electron chi connectivity index (χ3n) is 2.06. The number of rotatable bonds is 5. The molecule has 0 aliphatic rings. The number of pyridine rings is 1. The van der Waals surface area contributed by atoms with Gasteiger partial charge < -0.3 is 4.74 Å². The molecule has 1 heterocycles. The van der Waals surface area contributed by atoms with Crippen molar-refractivity contribution in [2.45, 2.75) is 19.1 Å². The summed E-state index contributed by atoms with van der Waals surface area (Å²) in [5.74, 6) is -1.48. The second kappa shape index (κ2) is 6.90. The Morgan fingerprint density at radius 3 is 2.83 bits per heavy atom. The molecule has 1 N–H and O–H groups in total. The lowest BCUT2D eigenvalue weighted by atomic mass is 10.3. The second-order valence-corrected chi connectivity index (χ2v) is 4.77. The summed E-state index contributed by atoms with van der Waals surface area (Å²) in [6.45, 7) is 3.39. The molecule has 6 heteroatoms. The van der Waals surface area contributed by atoms with Crippen molar-refractivity contribution in [1.82, 2.24) is 4.98 Å². The lowest BCUT2D eigenvalue weighted by Crippen LogP contribution is -2.26. The van der Waals surface area contributed by atoms with E-state index in [4.69, 9.17) is 5.41 Å². The number of nitrogens with one attached hydrogen (secondary N) is 1. The van der Waals surface area contributed by atoms with Crippen molar-refractivity contribution in [3.05, 3.63) is 30.1 Å². The fourth-order valence-electron chi connectivity index (χ4n) is 1.16. The standard InChI is InChI=1S/C12H14N2O3S/c1-3-17-12(16)10(15)8(2)18-11(13)9-5-4-6-14-7-9/h4-8,13H,3H2,1-2H3/t8-/m1/s1. The number of Topliss-reactive ketones (excluding diaryl/α,β-unsaturated/α-hetero) is 1. The summed E-state index contributed by atoms with van der Waals surface area (Å²) in [5, 5.41) is 7.38. The molecule has 1 aromatic rings. The topological polar surface area (TPSA) is 80.1 Å². The first-order valence-electron chi connectivity index (χ1n) is 5.42. The quantitative estimate of drug-likeness (QED) is 0.379. The molecule has 0 radical (unpaired) electrons. The van der Waals surface area contributed by atoms with Crippen LogP contribution in [0, 0.1) is 5.41 Å². The monoisotopic (exact) mass is 266 g/mol. The third-order valence-corrected chi connectivity index (χ3v) is 3.10. The maximum Gasteiger partial charge on any atom is 0.375 e. The van der Waals surface area contributed by atoms with Crippen LogP contribution >= 0.6 is 11.8 Å². The summed E-state index contributed by atoms with van der Waals surface area (Å²) in [6.07, 6.45) is 3.14. The fraction of sp³-hybridized carbons (Fsp3) is 0.333. The van der Waals surface area contributed by atoms with E-state index >= 15 is 0 Å². The summed E-state index contributed by atoms with van der Waals surface area (Å²) < 4.78 is 4.63. The van der Waals surface area contributed by atoms with Crippen LogP contribution < -0.4 is 0 Å². The Bertz CT molecular complexity index is 448. The molecular weight excluding hydrogens is 252 g/mol. The van der Waals surface area contributed by atoms with E-state index in [9.17, 15) is 9.59 Å². The van der Waals surface area contributed by atoms with Gasteiger partial charge in [-0.3, -0.25) is 15.2 Å². The number of aromatic nitrogens is 1. The van der Waals surface area contributed by atoms with E-state index < -0.39 is 17.0 Å². The number of carbonyl (C=O) groups is 2. The Kier molecular flexibility index (Phi) is 5.51. The van der Waals surface area contributed by atoms with E-state index in [1.807, 2.05) is 0 Å². The molecule has 0 amide bonds. The summed E-state index contributed by atoms with van der Waals surface area (Å²) in [7, 11) is 0. The summed E-state index contributed by atoms with van der Waals surface area (Å²) >= 11 is 1.01. The van der Waals surface area contributed by atoms with Gasteiger partial charge in [0, 0.05) is 18.0 Å². The molecule has 5 nitrogen and oxygen atoms in total. The van der Waals surface area contributed by atoms with Crippen LogP contribution in [0.25, 0.3) is 0 Å². The van der Waals surface area contributed by atoms with Gasteiger partial charge in [-0.2, -0.15) is 0 Å². The van der Waals surface area contributed by atoms with E-state index in [1.54, 1.807) is 32.2 Å². The van der Waals surface area contributed by atoms with Gasteiger partial charge in [-0.25, -0.2) is 4.79 Å². The minimum absolute atomic E-state index is 0.169. The Morgan fingerprint density at radius 2 is 2.28 bits per heavy atom. The number of ether oxygens (including phenoxy) is 1. The minimum atomic E-state index is -0.850. The van der Waals surface area contributed by atoms with Crippen LogP contribution in [-0.4, -0.2) is 33.6 Å². The first-order valence-corrected chi connectivity index (χ1v) is 6.30. The number of ketones is 1. The smallest absolute Gasteiger partial charge is 0.375 e. The summed E-state index contributed by atoms with van der Waals surface area (Å²) in [5.41, 5.74) is 0.617. The SMILES string of the molecule is CCOC(=O)C(=O)[C@@H](C)SC(=N)c1cccnc1. The highest BCUT2D eigenvalue weighted by molar-refractivity contribution is 8.15. The van der Waals surface area contributed by atoms with Crippen LogP contribution in [-0.2, 0) is 14.3 Å². The zero-order chi connectivity index (χ0) is 13.5. The normalized spacial score (nSPS) is 11.7. The maximum absolute atomic E-state index is 11.6. The molecule has 1 aromatic heterocycles. The van der Waals surface area contributed by atoms with Crippen LogP contribution in [0.4, 0.5) is 0 Å². The molecule has 0 spiro atoms. The van der Waals surface area contributed by atoms with Gasteiger partial charge in [-0.15, -0.1) is 0 Å². The van der Waals surface area contributed by atoms with E-state index in [-0.39, 0.29) is 11.7 Å². The first kappa shape index (κ1) is 14.4. The molecule has 96 valence electrons. The van der Waals surface area contributed by atoms with Gasteiger partial charge in [0.05, 0.1) is 16.9 Å². The molecule has 1 rings (SSSR count). The minimum Gasteiger partial charge on any atom is -0.460 e. The average Bonchev–Trinajstić information content (AvgIpc) is 2.39. The number of hydrogen-bond donors (Lipinski definition) is 1. The summed E-state index contributed by atoms with van der Waals surface area (Å²) in [6, 6.07) is 3.44. The van der Waals surface area contributed by atoms with Crippen LogP contribution in [0.1, 0.15) is 19.4 Å². The fourth-order valence-corrected chi connectivity index (χ4v) is 1.98. The zero-order valence-corrected chi connectivity index (χ0v) is 11.0. The van der Waals surface area contributed by atoms with Crippen molar-refractivity contribution in [3.8, 4) is 0 Å². The van der Waals surface area contributed by atoms with Crippen molar-refractivity contribution >= 4 is 28.6 Å². The molecule has 0 bridgehead atoms. The lowest BCUT2D eigenvalue weighted by molar-refractivity contribution is -0.153. The predicted molar refractivity (Wildman–Crippen MR) is 69.8 cm³/mol. The van der Waals surface area contributed by atoms with Gasteiger partial charge >= 0.3 is 5.97 Å². The highest BCUT2D eigenvalue weighted by atomic mass is 32.2. The first-order chi connectivity index (χ1) is 8.56. The van der Waals surface area contributed by atoms with Crippen molar-refractivity contribution in [1.29, 1.82) is 5.41 Å². The van der Waals surface area contributed by atoms with Crippen LogP contribution in [0.15, 0.2) is 24.5 Å². The average molecular weight is 266 g/mol. The largest absolute Gasteiger partial charge is 0.460 e. The molecule has 0 aliphatic carbocycles. The Labute approximate surface area is 109 Å². The number of nitrogens with zero attached hydrogens (tertiary/aromatic N) is 1. The highest BCUT2D eigenvalue weighted by Gasteiger charge is 2.24. The Balaban J connectivity index is 2.60. The van der Waals surface area contributed by atoms with Gasteiger partial charge in [-0.1, -0.05) is 11.8 Å². The molecule has 18 heavy (non-hydrogen) atoms. The van der Waals surface area contributed by atoms with Crippen molar-refractivity contribution in [2.24, 2.45) is 0 Å². The number of thioether (sulfide) groups is 1. The van der Waals surface area contributed by atoms with Gasteiger partial charge in [0.15, 0.2) is 0 Å². The predicted octanol–water partition coefficient (Wildman–Crippen LogP) is 1.66. The van der Waals surface area contributed by atoms with E-state index in [2.05, 4.69) is 9.72 Å². The third kappa shape index (κ3) is 3.96. The van der Waals surface area contributed by atoms with Crippen molar-refractivity contribution < 1.29 is 14.3 Å². The highest BCUT2D eigenvalue weighted by Crippen LogP contribution is 2.18. The van der Waals surface area contributed by atoms with Crippen molar-refractivity contribution in [3.63, 3.8) is 0 Å². The maximum atomic E-state index is 11.6. The van der Waals surface area contributed by atoms with E-state index in [1.165, 1.54) is 6.20 Å². The zero-order valence-electron chi connectivity index (χ0n) is 10.2. The molecule has 0 saturated heterocycles. The molecule has 0 unspecified atom stereocenters. The van der Waals surface area contributed by atoms with Crippen LogP contribution in [0.3, 0.4) is 0 Å². The molecule has 0 aliphatic heterocycles. The van der Waals surface area contributed by atoms with Crippen LogP contribution in [0.2, 0.25) is 0 Å². The number of carbonyl (C=O) groups excluding carboxylic acids is 2. The lowest BCUT2D eigenvalue weighted by Gasteiger charge is -2.09. The number of hydrogen-bond acceptors (Lipinski definition) is 6. The molecule has 1 atom stereocenters. The van der Waals surface area contributed by atoms with Gasteiger partial charge in [-0.05, 0) is 26.0 Å². The molecule has 0 saturated carbocycles. The Morgan fingerprint density at radius 1 is 1.56 bits per heavy atom. The Hall–Kier alpha value is -1.69. The molecule has 0 fully saturated rings. The van der Waals surface area contributed by atoms with Gasteiger partial charge in [0.1, 0.15) is 0 Å². The van der Waals surface area contributed by atoms with Gasteiger partial charge in [0.25, 0.3) is 5.78 Å². The van der Waals surface area contributed by atoms with Crippen molar-refractivity contribution in [2.75, 3.05) is 6.61 Å².